The maximum atomic E-state index is 11.5. The van der Waals surface area contributed by atoms with Gasteiger partial charge in [-0.2, -0.15) is 0 Å². The van der Waals surface area contributed by atoms with Crippen molar-refractivity contribution in [1.82, 2.24) is 5.32 Å². The highest BCUT2D eigenvalue weighted by atomic mass is 16.4. The number of rotatable bonds is 5. The molecule has 1 aromatic carbocycles. The third kappa shape index (κ3) is 4.68. The van der Waals surface area contributed by atoms with Crippen LogP contribution in [0.3, 0.4) is 0 Å². The van der Waals surface area contributed by atoms with Crippen molar-refractivity contribution in [1.29, 1.82) is 0 Å². The van der Waals surface area contributed by atoms with Crippen LogP contribution in [-0.4, -0.2) is 23.5 Å². The molecule has 1 aromatic rings. The Hall–Kier alpha value is -1.84. The van der Waals surface area contributed by atoms with Crippen molar-refractivity contribution in [3.63, 3.8) is 0 Å². The summed E-state index contributed by atoms with van der Waals surface area (Å²) >= 11 is 0. The Labute approximate surface area is 101 Å². The smallest absolute Gasteiger partial charge is 0.322 e. The minimum atomic E-state index is -1.05. The van der Waals surface area contributed by atoms with E-state index in [1.54, 1.807) is 12.1 Å². The average Bonchev–Trinajstić information content (AvgIpc) is 2.26. The zero-order valence-electron chi connectivity index (χ0n) is 10.1. The lowest BCUT2D eigenvalue weighted by molar-refractivity contribution is -0.135. The Morgan fingerprint density at radius 1 is 1.24 bits per heavy atom. The van der Waals surface area contributed by atoms with Gasteiger partial charge in [0.15, 0.2) is 0 Å². The van der Waals surface area contributed by atoms with Crippen LogP contribution in [0.15, 0.2) is 24.3 Å². The number of carboxylic acids is 1. The molecule has 0 bridgehead atoms. The summed E-state index contributed by atoms with van der Waals surface area (Å²) in [6.45, 7) is 3.91. The topological polar surface area (TPSA) is 66.4 Å². The zero-order chi connectivity index (χ0) is 12.8. The molecular weight excluding hydrogens is 218 g/mol. The van der Waals surface area contributed by atoms with Crippen LogP contribution in [0.5, 0.6) is 0 Å². The summed E-state index contributed by atoms with van der Waals surface area (Å²) < 4.78 is 0. The SMILES string of the molecule is CC(C)Cc1ccc(C(=O)NCC(=O)O)cc1. The van der Waals surface area contributed by atoms with E-state index < -0.39 is 5.97 Å². The Morgan fingerprint density at radius 3 is 2.29 bits per heavy atom. The van der Waals surface area contributed by atoms with Crippen molar-refractivity contribution >= 4 is 11.9 Å². The molecule has 0 aromatic heterocycles. The summed E-state index contributed by atoms with van der Waals surface area (Å²) in [7, 11) is 0. The highest BCUT2D eigenvalue weighted by molar-refractivity contribution is 5.95. The molecule has 0 unspecified atom stereocenters. The first-order valence-corrected chi connectivity index (χ1v) is 5.58. The van der Waals surface area contributed by atoms with Gasteiger partial charge in [-0.05, 0) is 30.0 Å². The first-order chi connectivity index (χ1) is 7.99. The fourth-order valence-electron chi connectivity index (χ4n) is 1.52. The van der Waals surface area contributed by atoms with E-state index in [4.69, 9.17) is 5.11 Å². The van der Waals surface area contributed by atoms with E-state index in [0.717, 1.165) is 6.42 Å². The van der Waals surface area contributed by atoms with Crippen LogP contribution in [0.4, 0.5) is 0 Å². The molecule has 4 heteroatoms. The molecule has 2 N–H and O–H groups in total. The van der Waals surface area contributed by atoms with E-state index in [1.807, 2.05) is 12.1 Å². The molecule has 0 aliphatic carbocycles. The van der Waals surface area contributed by atoms with Gasteiger partial charge in [0.2, 0.25) is 0 Å². The first kappa shape index (κ1) is 13.2. The minimum absolute atomic E-state index is 0.355. The summed E-state index contributed by atoms with van der Waals surface area (Å²) in [5.74, 6) is -0.833. The van der Waals surface area contributed by atoms with Gasteiger partial charge in [0.05, 0.1) is 0 Å². The lowest BCUT2D eigenvalue weighted by atomic mass is 10.0. The summed E-state index contributed by atoms with van der Waals surface area (Å²) in [5, 5.41) is 10.8. The summed E-state index contributed by atoms with van der Waals surface area (Å²) in [6.07, 6.45) is 0.969. The molecule has 0 saturated carbocycles. The molecule has 0 aliphatic rings. The molecule has 0 atom stereocenters. The Morgan fingerprint density at radius 2 is 1.82 bits per heavy atom. The van der Waals surface area contributed by atoms with Gasteiger partial charge in [-0.25, -0.2) is 0 Å². The van der Waals surface area contributed by atoms with E-state index in [0.29, 0.717) is 11.5 Å². The maximum absolute atomic E-state index is 11.5. The second kappa shape index (κ2) is 6.03. The first-order valence-electron chi connectivity index (χ1n) is 5.58. The molecule has 0 heterocycles. The number of benzene rings is 1. The van der Waals surface area contributed by atoms with Crippen LogP contribution >= 0.6 is 0 Å². The molecule has 0 fully saturated rings. The van der Waals surface area contributed by atoms with E-state index >= 15 is 0 Å². The average molecular weight is 235 g/mol. The van der Waals surface area contributed by atoms with E-state index in [1.165, 1.54) is 5.56 Å². The predicted molar refractivity (Wildman–Crippen MR) is 65.0 cm³/mol. The van der Waals surface area contributed by atoms with Gasteiger partial charge in [0, 0.05) is 5.56 Å². The second-order valence-corrected chi connectivity index (χ2v) is 4.37. The Balaban J connectivity index is 2.60. The van der Waals surface area contributed by atoms with Crippen molar-refractivity contribution in [3.05, 3.63) is 35.4 Å². The fourth-order valence-corrected chi connectivity index (χ4v) is 1.52. The van der Waals surface area contributed by atoms with Gasteiger partial charge in [0.25, 0.3) is 5.91 Å². The quantitative estimate of drug-likeness (QED) is 0.816. The van der Waals surface area contributed by atoms with Crippen molar-refractivity contribution in [2.45, 2.75) is 20.3 Å². The Kier molecular flexibility index (Phi) is 4.69. The maximum Gasteiger partial charge on any atom is 0.322 e. The van der Waals surface area contributed by atoms with Gasteiger partial charge >= 0.3 is 5.97 Å². The van der Waals surface area contributed by atoms with Crippen molar-refractivity contribution in [2.24, 2.45) is 5.92 Å². The molecule has 0 aliphatic heterocycles. The number of carbonyl (C=O) groups excluding carboxylic acids is 1. The highest BCUT2D eigenvalue weighted by Crippen LogP contribution is 2.09. The lowest BCUT2D eigenvalue weighted by Crippen LogP contribution is -2.29. The van der Waals surface area contributed by atoms with Gasteiger partial charge < -0.3 is 10.4 Å². The number of carboxylic acid groups (broad SMARTS) is 1. The summed E-state index contributed by atoms with van der Waals surface area (Å²) in [5.41, 5.74) is 1.66. The molecule has 1 rings (SSSR count). The van der Waals surface area contributed by atoms with Crippen LogP contribution in [0, 0.1) is 5.92 Å². The van der Waals surface area contributed by atoms with Crippen LogP contribution in [0.2, 0.25) is 0 Å². The van der Waals surface area contributed by atoms with Gasteiger partial charge in [-0.3, -0.25) is 9.59 Å². The number of aliphatic carboxylic acids is 1. The number of hydrogen-bond acceptors (Lipinski definition) is 2. The Bertz CT molecular complexity index is 396. The summed E-state index contributed by atoms with van der Waals surface area (Å²) in [6, 6.07) is 7.23. The van der Waals surface area contributed by atoms with Gasteiger partial charge in [-0.1, -0.05) is 26.0 Å². The number of hydrogen-bond donors (Lipinski definition) is 2. The molecule has 4 nitrogen and oxygen atoms in total. The van der Waals surface area contributed by atoms with Crippen molar-refractivity contribution < 1.29 is 14.7 Å². The molecule has 92 valence electrons. The molecule has 0 spiro atoms. The number of carbonyl (C=O) groups is 2. The van der Waals surface area contributed by atoms with Crippen molar-refractivity contribution in [2.75, 3.05) is 6.54 Å². The van der Waals surface area contributed by atoms with E-state index in [2.05, 4.69) is 19.2 Å². The summed E-state index contributed by atoms with van der Waals surface area (Å²) in [4.78, 5) is 21.8. The normalized spacial score (nSPS) is 10.3. The van der Waals surface area contributed by atoms with Gasteiger partial charge in [-0.15, -0.1) is 0 Å². The van der Waals surface area contributed by atoms with Crippen molar-refractivity contribution in [3.8, 4) is 0 Å². The highest BCUT2D eigenvalue weighted by Gasteiger charge is 2.07. The second-order valence-electron chi connectivity index (χ2n) is 4.37. The standard InChI is InChI=1S/C13H17NO3/c1-9(2)7-10-3-5-11(6-4-10)13(17)14-8-12(15)16/h3-6,9H,7-8H2,1-2H3,(H,14,17)(H,15,16). The monoisotopic (exact) mass is 235 g/mol. The van der Waals surface area contributed by atoms with Crippen LogP contribution < -0.4 is 5.32 Å². The van der Waals surface area contributed by atoms with Crippen LogP contribution in [0.1, 0.15) is 29.8 Å². The van der Waals surface area contributed by atoms with E-state index in [-0.39, 0.29) is 12.5 Å². The molecule has 0 radical (unpaired) electrons. The van der Waals surface area contributed by atoms with Crippen LogP contribution in [-0.2, 0) is 11.2 Å². The third-order valence-electron chi connectivity index (χ3n) is 2.26. The molecule has 1 amide bonds. The number of amides is 1. The molecular formula is C13H17NO3. The van der Waals surface area contributed by atoms with Gasteiger partial charge in [0.1, 0.15) is 6.54 Å². The molecule has 0 saturated heterocycles. The van der Waals surface area contributed by atoms with Crippen LogP contribution in [0.25, 0.3) is 0 Å². The minimum Gasteiger partial charge on any atom is -0.480 e. The zero-order valence-corrected chi connectivity index (χ0v) is 10.1. The predicted octanol–water partition coefficient (Wildman–Crippen LogP) is 1.70. The largest absolute Gasteiger partial charge is 0.480 e. The number of nitrogens with one attached hydrogen (secondary N) is 1. The lowest BCUT2D eigenvalue weighted by Gasteiger charge is -2.06. The molecule has 17 heavy (non-hydrogen) atoms. The fraction of sp³-hybridized carbons (Fsp3) is 0.385. The third-order valence-corrected chi connectivity index (χ3v) is 2.26. The van der Waals surface area contributed by atoms with E-state index in [9.17, 15) is 9.59 Å².